The van der Waals surface area contributed by atoms with E-state index >= 15 is 0 Å². The molecule has 0 spiro atoms. The second kappa shape index (κ2) is 4.12. The first kappa shape index (κ1) is 12.6. The largest absolute Gasteiger partial charge is 0.383 e. The minimum absolute atomic E-state index is 0.00584. The number of aromatic nitrogens is 3. The number of anilines is 1. The number of nitrogen functional groups attached to an aromatic ring is 1. The molecule has 2 heterocycles. The molecule has 0 fully saturated rings. The van der Waals surface area contributed by atoms with Crippen LogP contribution in [0.15, 0.2) is 18.5 Å². The van der Waals surface area contributed by atoms with Crippen molar-refractivity contribution < 1.29 is 0 Å². The van der Waals surface area contributed by atoms with Gasteiger partial charge in [0.1, 0.15) is 5.82 Å². The lowest BCUT2D eigenvalue weighted by atomic mass is 9.88. The van der Waals surface area contributed by atoms with E-state index < -0.39 is 0 Å². The second-order valence-corrected chi connectivity index (χ2v) is 5.74. The van der Waals surface area contributed by atoms with Crippen LogP contribution in [0.4, 0.5) is 5.82 Å². The summed E-state index contributed by atoms with van der Waals surface area (Å²) in [5, 5.41) is 4.57. The molecule has 2 aromatic heterocycles. The molecule has 0 aliphatic rings. The van der Waals surface area contributed by atoms with Crippen molar-refractivity contribution >= 4 is 5.82 Å². The highest BCUT2D eigenvalue weighted by Crippen LogP contribution is 2.32. The zero-order valence-corrected chi connectivity index (χ0v) is 11.7. The van der Waals surface area contributed by atoms with Gasteiger partial charge >= 0.3 is 0 Å². The van der Waals surface area contributed by atoms with Crippen LogP contribution >= 0.6 is 0 Å². The fourth-order valence-electron chi connectivity index (χ4n) is 1.99. The fraction of sp³-hybridized carbons (Fsp3) is 0.429. The quantitative estimate of drug-likeness (QED) is 0.839. The van der Waals surface area contributed by atoms with E-state index in [-0.39, 0.29) is 5.41 Å². The summed E-state index contributed by atoms with van der Waals surface area (Å²) in [4.78, 5) is 4.23. The molecular formula is C14H20N4. The van der Waals surface area contributed by atoms with Crippen molar-refractivity contribution in [3.63, 3.8) is 0 Å². The minimum atomic E-state index is 0.00584. The average molecular weight is 244 g/mol. The molecule has 0 atom stereocenters. The van der Waals surface area contributed by atoms with E-state index in [1.165, 1.54) is 0 Å². The van der Waals surface area contributed by atoms with Crippen LogP contribution in [-0.2, 0) is 12.5 Å². The highest BCUT2D eigenvalue weighted by atomic mass is 15.3. The Balaban J connectivity index is 2.60. The third kappa shape index (κ3) is 2.23. The van der Waals surface area contributed by atoms with Gasteiger partial charge in [-0.25, -0.2) is 4.98 Å². The monoisotopic (exact) mass is 244 g/mol. The molecule has 0 radical (unpaired) electrons. The zero-order chi connectivity index (χ0) is 13.5. The van der Waals surface area contributed by atoms with Gasteiger partial charge in [0.2, 0.25) is 0 Å². The van der Waals surface area contributed by atoms with Crippen LogP contribution in [-0.4, -0.2) is 14.8 Å². The van der Waals surface area contributed by atoms with Crippen LogP contribution in [0.2, 0.25) is 0 Å². The van der Waals surface area contributed by atoms with E-state index in [9.17, 15) is 0 Å². The first-order chi connectivity index (χ1) is 8.29. The number of nitrogens with zero attached hydrogens (tertiary/aromatic N) is 3. The Kier molecular flexibility index (Phi) is 2.89. The first-order valence-electron chi connectivity index (χ1n) is 6.05. The maximum absolute atomic E-state index is 5.76. The van der Waals surface area contributed by atoms with Crippen molar-refractivity contribution in [1.82, 2.24) is 14.8 Å². The summed E-state index contributed by atoms with van der Waals surface area (Å²) in [6, 6.07) is 2.06. The maximum atomic E-state index is 5.76. The van der Waals surface area contributed by atoms with Crippen molar-refractivity contribution in [1.29, 1.82) is 0 Å². The van der Waals surface area contributed by atoms with Gasteiger partial charge in [-0.3, -0.25) is 4.68 Å². The standard InChI is InChI=1S/C14H20N4/c1-9-6-10(7-16-13(9)15)11-8-18(5)17-12(11)14(2,3)4/h6-8H,1-5H3,(H2,15,16). The van der Waals surface area contributed by atoms with E-state index in [1.807, 2.05) is 31.0 Å². The highest BCUT2D eigenvalue weighted by molar-refractivity contribution is 5.67. The Labute approximate surface area is 108 Å². The van der Waals surface area contributed by atoms with Crippen LogP contribution in [0.5, 0.6) is 0 Å². The van der Waals surface area contributed by atoms with Crippen molar-refractivity contribution in [3.05, 3.63) is 29.7 Å². The molecule has 0 aliphatic heterocycles. The van der Waals surface area contributed by atoms with Gasteiger partial charge in [-0.15, -0.1) is 0 Å². The van der Waals surface area contributed by atoms with Crippen LogP contribution in [0.3, 0.4) is 0 Å². The molecular weight excluding hydrogens is 224 g/mol. The van der Waals surface area contributed by atoms with Crippen LogP contribution in [0, 0.1) is 6.92 Å². The van der Waals surface area contributed by atoms with E-state index in [0.29, 0.717) is 5.82 Å². The summed E-state index contributed by atoms with van der Waals surface area (Å²) in [5.41, 5.74) is 10.0. The molecule has 4 heteroatoms. The van der Waals surface area contributed by atoms with Crippen molar-refractivity contribution in [2.24, 2.45) is 7.05 Å². The van der Waals surface area contributed by atoms with Crippen LogP contribution in [0.1, 0.15) is 32.0 Å². The zero-order valence-electron chi connectivity index (χ0n) is 11.7. The van der Waals surface area contributed by atoms with E-state index in [1.54, 1.807) is 0 Å². The summed E-state index contributed by atoms with van der Waals surface area (Å²) in [6.45, 7) is 8.46. The molecule has 0 aromatic carbocycles. The number of pyridine rings is 1. The Morgan fingerprint density at radius 1 is 1.28 bits per heavy atom. The summed E-state index contributed by atoms with van der Waals surface area (Å²) in [5.74, 6) is 0.583. The molecule has 18 heavy (non-hydrogen) atoms. The Morgan fingerprint density at radius 2 is 1.94 bits per heavy atom. The summed E-state index contributed by atoms with van der Waals surface area (Å²) < 4.78 is 1.85. The average Bonchev–Trinajstić information content (AvgIpc) is 2.64. The number of rotatable bonds is 1. The smallest absolute Gasteiger partial charge is 0.126 e. The predicted octanol–water partition coefficient (Wildman–Crippen LogP) is 2.67. The van der Waals surface area contributed by atoms with Crippen molar-refractivity contribution in [2.75, 3.05) is 5.73 Å². The lowest BCUT2D eigenvalue weighted by Gasteiger charge is -2.17. The molecule has 2 rings (SSSR count). The highest BCUT2D eigenvalue weighted by Gasteiger charge is 2.23. The number of hydrogen-bond donors (Lipinski definition) is 1. The molecule has 0 bridgehead atoms. The van der Waals surface area contributed by atoms with Crippen LogP contribution < -0.4 is 5.73 Å². The number of hydrogen-bond acceptors (Lipinski definition) is 3. The number of aryl methyl sites for hydroxylation is 2. The Bertz CT molecular complexity index is 576. The second-order valence-electron chi connectivity index (χ2n) is 5.74. The van der Waals surface area contributed by atoms with Gasteiger partial charge in [-0.2, -0.15) is 5.10 Å². The molecule has 0 aliphatic carbocycles. The van der Waals surface area contributed by atoms with Gasteiger partial charge in [0.25, 0.3) is 0 Å². The molecule has 0 unspecified atom stereocenters. The van der Waals surface area contributed by atoms with Gasteiger partial charge in [-0.05, 0) is 18.6 Å². The van der Waals surface area contributed by atoms with Gasteiger partial charge < -0.3 is 5.73 Å². The Morgan fingerprint density at radius 3 is 2.50 bits per heavy atom. The molecule has 2 N–H and O–H groups in total. The molecule has 0 saturated carbocycles. The van der Waals surface area contributed by atoms with Gasteiger partial charge in [0.15, 0.2) is 0 Å². The summed E-state index contributed by atoms with van der Waals surface area (Å²) >= 11 is 0. The predicted molar refractivity (Wildman–Crippen MR) is 74.3 cm³/mol. The van der Waals surface area contributed by atoms with Gasteiger partial charge in [0.05, 0.1) is 5.69 Å². The first-order valence-corrected chi connectivity index (χ1v) is 6.05. The van der Waals surface area contributed by atoms with Crippen molar-refractivity contribution in [3.8, 4) is 11.1 Å². The lowest BCUT2D eigenvalue weighted by molar-refractivity contribution is 0.554. The molecule has 96 valence electrons. The van der Waals surface area contributed by atoms with E-state index in [0.717, 1.165) is 22.4 Å². The summed E-state index contributed by atoms with van der Waals surface area (Å²) in [7, 11) is 1.94. The SMILES string of the molecule is Cc1cc(-c2cn(C)nc2C(C)(C)C)cnc1N. The van der Waals surface area contributed by atoms with Crippen LogP contribution in [0.25, 0.3) is 11.1 Å². The van der Waals surface area contributed by atoms with Gasteiger partial charge in [-0.1, -0.05) is 20.8 Å². The third-order valence-corrected chi connectivity index (χ3v) is 2.97. The van der Waals surface area contributed by atoms with Crippen molar-refractivity contribution in [2.45, 2.75) is 33.1 Å². The summed E-state index contributed by atoms with van der Waals surface area (Å²) in [6.07, 6.45) is 3.85. The lowest BCUT2D eigenvalue weighted by Crippen LogP contribution is -2.13. The minimum Gasteiger partial charge on any atom is -0.383 e. The number of nitrogens with two attached hydrogens (primary N) is 1. The Hall–Kier alpha value is -1.84. The molecule has 4 nitrogen and oxygen atoms in total. The topological polar surface area (TPSA) is 56.7 Å². The maximum Gasteiger partial charge on any atom is 0.126 e. The molecule has 2 aromatic rings. The van der Waals surface area contributed by atoms with Gasteiger partial charge in [0, 0.05) is 36.0 Å². The van der Waals surface area contributed by atoms with E-state index in [4.69, 9.17) is 5.73 Å². The third-order valence-electron chi connectivity index (χ3n) is 2.97. The molecule has 0 amide bonds. The molecule has 0 saturated heterocycles. The normalized spacial score (nSPS) is 11.8. The fourth-order valence-corrected chi connectivity index (χ4v) is 1.99. The van der Waals surface area contributed by atoms with E-state index in [2.05, 4.69) is 36.9 Å².